The van der Waals surface area contributed by atoms with Gasteiger partial charge in [0.15, 0.2) is 5.69 Å². The lowest BCUT2D eigenvalue weighted by atomic mass is 10.1. The number of rotatable bonds is 4. The minimum absolute atomic E-state index is 0.0302. The van der Waals surface area contributed by atoms with Crippen LogP contribution in [0.2, 0.25) is 0 Å². The molecular weight excluding hydrogens is 355 g/mol. The van der Waals surface area contributed by atoms with E-state index < -0.39 is 28.3 Å². The molecule has 3 rings (SSSR count). The summed E-state index contributed by atoms with van der Waals surface area (Å²) in [5.74, 6) is -0.711. The molecular formula is C15H10F3N5O3. The van der Waals surface area contributed by atoms with Crippen LogP contribution >= 0.6 is 0 Å². The van der Waals surface area contributed by atoms with Gasteiger partial charge in [0, 0.05) is 11.5 Å². The Kier molecular flexibility index (Phi) is 4.20. The quantitative estimate of drug-likeness (QED) is 0.485. The minimum Gasteiger partial charge on any atom is -0.292 e. The summed E-state index contributed by atoms with van der Waals surface area (Å²) in [4.78, 5) is 22.2. The van der Waals surface area contributed by atoms with Crippen LogP contribution in [0.3, 0.4) is 0 Å². The van der Waals surface area contributed by atoms with Crippen molar-refractivity contribution < 1.29 is 22.9 Å². The van der Waals surface area contributed by atoms with Crippen LogP contribution in [0.25, 0.3) is 10.9 Å². The largest absolute Gasteiger partial charge is 0.416 e. The van der Waals surface area contributed by atoms with E-state index in [0.29, 0.717) is 23.0 Å². The van der Waals surface area contributed by atoms with Gasteiger partial charge in [-0.1, -0.05) is 18.2 Å². The Morgan fingerprint density at radius 1 is 1.19 bits per heavy atom. The molecule has 3 aromatic rings. The molecule has 1 aromatic heterocycles. The lowest BCUT2D eigenvalue weighted by molar-refractivity contribution is -0.384. The summed E-state index contributed by atoms with van der Waals surface area (Å²) in [7, 11) is 0. The summed E-state index contributed by atoms with van der Waals surface area (Å²) in [6, 6.07) is 8.71. The zero-order chi connectivity index (χ0) is 18.9. The van der Waals surface area contributed by atoms with E-state index in [0.717, 1.165) is 6.07 Å². The molecule has 3 N–H and O–H groups in total. The number of carbonyl (C=O) groups excluding carboxylic acids is 1. The number of nitrogens with zero attached hydrogens (tertiary/aromatic N) is 2. The van der Waals surface area contributed by atoms with Crippen molar-refractivity contribution >= 4 is 28.2 Å². The molecule has 0 spiro atoms. The van der Waals surface area contributed by atoms with Crippen molar-refractivity contribution in [3.8, 4) is 0 Å². The van der Waals surface area contributed by atoms with Crippen LogP contribution in [-0.2, 0) is 6.18 Å². The number of anilines is 1. The molecule has 1 heterocycles. The van der Waals surface area contributed by atoms with E-state index in [2.05, 4.69) is 21.0 Å². The molecule has 8 nitrogen and oxygen atoms in total. The third-order valence-corrected chi connectivity index (χ3v) is 3.52. The average Bonchev–Trinajstić information content (AvgIpc) is 3.02. The van der Waals surface area contributed by atoms with Gasteiger partial charge in [-0.15, -0.1) is 0 Å². The van der Waals surface area contributed by atoms with Gasteiger partial charge in [-0.3, -0.25) is 30.9 Å². The number of carbonyl (C=O) groups is 1. The van der Waals surface area contributed by atoms with Crippen LogP contribution in [0.4, 0.5) is 24.5 Å². The maximum absolute atomic E-state index is 12.7. The maximum atomic E-state index is 12.7. The SMILES string of the molecule is O=C(NNc1ccc(C(F)(F)F)cc1[N+](=O)[O-])c1n[nH]c2ccccc12. The van der Waals surface area contributed by atoms with Crippen LogP contribution < -0.4 is 10.9 Å². The van der Waals surface area contributed by atoms with E-state index in [9.17, 15) is 28.1 Å². The Morgan fingerprint density at radius 2 is 1.92 bits per heavy atom. The molecule has 2 aromatic carbocycles. The minimum atomic E-state index is -4.72. The predicted octanol–water partition coefficient (Wildman–Crippen LogP) is 3.25. The fraction of sp³-hybridized carbons (Fsp3) is 0.0667. The summed E-state index contributed by atoms with van der Waals surface area (Å²) < 4.78 is 38.1. The zero-order valence-electron chi connectivity index (χ0n) is 12.8. The standard InChI is InChI=1S/C15H10F3N5O3/c16-15(17,18)8-5-6-11(12(7-8)23(25)26)20-22-14(24)13-9-3-1-2-4-10(9)19-21-13/h1-7,20H,(H,19,21)(H,22,24). The Labute approximate surface area is 143 Å². The first kappa shape index (κ1) is 17.2. The van der Waals surface area contributed by atoms with Crippen molar-refractivity contribution in [2.24, 2.45) is 0 Å². The molecule has 0 aliphatic carbocycles. The third-order valence-electron chi connectivity index (χ3n) is 3.52. The molecule has 0 atom stereocenters. The second kappa shape index (κ2) is 6.35. The van der Waals surface area contributed by atoms with Gasteiger partial charge in [-0.25, -0.2) is 0 Å². The van der Waals surface area contributed by atoms with Crippen LogP contribution in [0.5, 0.6) is 0 Å². The molecule has 0 radical (unpaired) electrons. The first-order chi connectivity index (χ1) is 12.3. The molecule has 26 heavy (non-hydrogen) atoms. The molecule has 0 bridgehead atoms. The van der Waals surface area contributed by atoms with E-state index in [1.54, 1.807) is 24.3 Å². The molecule has 134 valence electrons. The maximum Gasteiger partial charge on any atom is 0.416 e. The number of H-pyrrole nitrogens is 1. The van der Waals surface area contributed by atoms with Crippen molar-refractivity contribution in [2.45, 2.75) is 6.18 Å². The number of para-hydroxylation sites is 1. The van der Waals surface area contributed by atoms with Crippen molar-refractivity contribution in [3.63, 3.8) is 0 Å². The number of nitro groups is 1. The van der Waals surface area contributed by atoms with E-state index >= 15 is 0 Å². The molecule has 1 amide bonds. The monoisotopic (exact) mass is 365 g/mol. The Hall–Kier alpha value is -3.63. The summed E-state index contributed by atoms with van der Waals surface area (Å²) in [6.07, 6.45) is -4.72. The van der Waals surface area contributed by atoms with Crippen LogP contribution in [0.1, 0.15) is 16.1 Å². The number of aromatic amines is 1. The molecule has 0 fully saturated rings. The second-order valence-electron chi connectivity index (χ2n) is 5.18. The average molecular weight is 365 g/mol. The van der Waals surface area contributed by atoms with Gasteiger partial charge in [0.2, 0.25) is 0 Å². The van der Waals surface area contributed by atoms with Gasteiger partial charge in [0.05, 0.1) is 16.0 Å². The number of fused-ring (bicyclic) bond motifs is 1. The number of nitro benzene ring substituents is 1. The third kappa shape index (κ3) is 3.27. The summed E-state index contributed by atoms with van der Waals surface area (Å²) in [6.45, 7) is 0. The smallest absolute Gasteiger partial charge is 0.292 e. The van der Waals surface area contributed by atoms with Gasteiger partial charge in [-0.2, -0.15) is 18.3 Å². The first-order valence-corrected chi connectivity index (χ1v) is 7.12. The van der Waals surface area contributed by atoms with Crippen molar-refractivity contribution in [1.82, 2.24) is 15.6 Å². The van der Waals surface area contributed by atoms with Crippen molar-refractivity contribution in [2.75, 3.05) is 5.43 Å². The highest BCUT2D eigenvalue weighted by Gasteiger charge is 2.33. The summed E-state index contributed by atoms with van der Waals surface area (Å²) in [5, 5.41) is 18.0. The first-order valence-electron chi connectivity index (χ1n) is 7.12. The van der Waals surface area contributed by atoms with Gasteiger partial charge in [0.1, 0.15) is 5.69 Å². The number of aromatic nitrogens is 2. The fourth-order valence-corrected chi connectivity index (χ4v) is 2.28. The van der Waals surface area contributed by atoms with E-state index in [4.69, 9.17) is 0 Å². The molecule has 0 aliphatic heterocycles. The van der Waals surface area contributed by atoms with E-state index in [1.807, 2.05) is 0 Å². The van der Waals surface area contributed by atoms with Gasteiger partial charge in [0.25, 0.3) is 11.6 Å². The van der Waals surface area contributed by atoms with Gasteiger partial charge < -0.3 is 0 Å². The second-order valence-corrected chi connectivity index (χ2v) is 5.18. The number of hydrogen-bond acceptors (Lipinski definition) is 5. The number of nitrogens with one attached hydrogen (secondary N) is 3. The number of hydrazine groups is 1. The summed E-state index contributed by atoms with van der Waals surface area (Å²) in [5.41, 5.74) is 2.80. The van der Waals surface area contributed by atoms with Crippen LogP contribution in [0, 0.1) is 10.1 Å². The fourth-order valence-electron chi connectivity index (χ4n) is 2.28. The predicted molar refractivity (Wildman–Crippen MR) is 85.3 cm³/mol. The number of benzene rings is 2. The van der Waals surface area contributed by atoms with Crippen molar-refractivity contribution in [3.05, 3.63) is 63.8 Å². The molecule has 0 saturated heterocycles. The normalized spacial score (nSPS) is 11.3. The topological polar surface area (TPSA) is 113 Å². The Morgan fingerprint density at radius 3 is 2.62 bits per heavy atom. The number of halogens is 3. The Balaban J connectivity index is 1.83. The number of alkyl halides is 3. The highest BCUT2D eigenvalue weighted by Crippen LogP contribution is 2.34. The molecule has 11 heteroatoms. The molecule has 0 aliphatic rings. The van der Waals surface area contributed by atoms with Crippen LogP contribution in [0.15, 0.2) is 42.5 Å². The van der Waals surface area contributed by atoms with Crippen molar-refractivity contribution in [1.29, 1.82) is 0 Å². The van der Waals surface area contributed by atoms with Crippen LogP contribution in [-0.4, -0.2) is 21.0 Å². The van der Waals surface area contributed by atoms with E-state index in [-0.39, 0.29) is 11.4 Å². The Bertz CT molecular complexity index is 1000. The number of hydrogen-bond donors (Lipinski definition) is 3. The molecule has 0 saturated carbocycles. The zero-order valence-corrected chi connectivity index (χ0v) is 12.8. The highest BCUT2D eigenvalue weighted by atomic mass is 19.4. The van der Waals surface area contributed by atoms with Gasteiger partial charge in [-0.05, 0) is 18.2 Å². The lowest BCUT2D eigenvalue weighted by Crippen LogP contribution is -2.30. The summed E-state index contributed by atoms with van der Waals surface area (Å²) >= 11 is 0. The van der Waals surface area contributed by atoms with E-state index in [1.165, 1.54) is 0 Å². The highest BCUT2D eigenvalue weighted by molar-refractivity contribution is 6.05. The number of amides is 1. The molecule has 0 unspecified atom stereocenters. The van der Waals surface area contributed by atoms with Gasteiger partial charge >= 0.3 is 6.18 Å². The lowest BCUT2D eigenvalue weighted by Gasteiger charge is -2.11.